The van der Waals surface area contributed by atoms with Crippen molar-refractivity contribution in [2.24, 2.45) is 11.8 Å². The summed E-state index contributed by atoms with van der Waals surface area (Å²) in [6.07, 6.45) is 15.5. The highest BCUT2D eigenvalue weighted by molar-refractivity contribution is 5.05. The first kappa shape index (κ1) is 26.6. The van der Waals surface area contributed by atoms with Gasteiger partial charge in [-0.05, 0) is 37.5 Å². The average Bonchev–Trinajstić information content (AvgIpc) is 2.55. The van der Waals surface area contributed by atoms with E-state index in [1.54, 1.807) is 5.57 Å². The minimum absolute atomic E-state index is 0. The third-order valence-corrected chi connectivity index (χ3v) is 4.64. The van der Waals surface area contributed by atoms with Gasteiger partial charge in [0.15, 0.2) is 0 Å². The second-order valence-electron chi connectivity index (χ2n) is 5.84. The molecule has 1 aliphatic carbocycles. The smallest absolute Gasteiger partial charge is 0.0206 e. The average molecular weight is 313 g/mol. The van der Waals surface area contributed by atoms with Crippen molar-refractivity contribution >= 4 is 0 Å². The van der Waals surface area contributed by atoms with E-state index in [0.717, 1.165) is 11.8 Å². The Morgan fingerprint density at radius 2 is 0.955 bits per heavy atom. The summed E-state index contributed by atoms with van der Waals surface area (Å²) in [5.74, 6) is 1.61. The molecule has 0 aromatic rings. The Morgan fingerprint density at radius 3 is 1.23 bits per heavy atom. The molecule has 0 heterocycles. The lowest BCUT2D eigenvalue weighted by molar-refractivity contribution is 0.398. The number of allylic oxidation sites excluding steroid dienone is 1. The molecule has 0 saturated heterocycles. The molecule has 0 N–H and O–H groups in total. The summed E-state index contributed by atoms with van der Waals surface area (Å²) < 4.78 is 0. The van der Waals surface area contributed by atoms with Crippen molar-refractivity contribution in [2.45, 2.75) is 120 Å². The first-order valence-electron chi connectivity index (χ1n) is 9.98. The van der Waals surface area contributed by atoms with Crippen LogP contribution in [0.15, 0.2) is 12.2 Å². The van der Waals surface area contributed by atoms with Crippen LogP contribution in [-0.4, -0.2) is 0 Å². The van der Waals surface area contributed by atoms with Crippen molar-refractivity contribution in [3.63, 3.8) is 0 Å². The molecular weight excluding hydrogens is 264 g/mol. The van der Waals surface area contributed by atoms with Crippen molar-refractivity contribution < 1.29 is 0 Å². The van der Waals surface area contributed by atoms with Gasteiger partial charge in [0.25, 0.3) is 0 Å². The molecule has 0 amide bonds. The largest absolute Gasteiger partial charge is 0.0993 e. The molecule has 0 nitrogen and oxygen atoms in total. The summed E-state index contributed by atoms with van der Waals surface area (Å²) in [4.78, 5) is 0. The van der Waals surface area contributed by atoms with E-state index in [2.05, 4.69) is 20.4 Å². The quantitative estimate of drug-likeness (QED) is 0.447. The maximum absolute atomic E-state index is 4.45. The predicted octanol–water partition coefficient (Wildman–Crippen LogP) is 8.81. The van der Waals surface area contributed by atoms with Crippen molar-refractivity contribution in [3.05, 3.63) is 12.2 Å². The fourth-order valence-corrected chi connectivity index (χ4v) is 3.30. The molecule has 2 atom stereocenters. The second kappa shape index (κ2) is 20.7. The van der Waals surface area contributed by atoms with Crippen LogP contribution >= 0.6 is 0 Å². The lowest BCUT2D eigenvalue weighted by Crippen LogP contribution is -2.12. The molecule has 0 radical (unpaired) electrons. The molecule has 0 aliphatic heterocycles. The summed E-state index contributed by atoms with van der Waals surface area (Å²) in [5.41, 5.74) is 1.58. The molecule has 22 heavy (non-hydrogen) atoms. The Balaban J connectivity index is -0.000000665. The highest BCUT2D eigenvalue weighted by Crippen LogP contribution is 2.32. The molecule has 1 saturated carbocycles. The first-order chi connectivity index (χ1) is 10.3. The Kier molecular flexibility index (Phi) is 25.1. The summed E-state index contributed by atoms with van der Waals surface area (Å²) in [6.45, 7) is 17.1. The van der Waals surface area contributed by atoms with Gasteiger partial charge in [0.1, 0.15) is 0 Å². The van der Waals surface area contributed by atoms with Crippen LogP contribution in [0.4, 0.5) is 0 Å². The molecule has 0 bridgehead atoms. The molecule has 2 unspecified atom stereocenters. The minimum Gasteiger partial charge on any atom is -0.0993 e. The van der Waals surface area contributed by atoms with Gasteiger partial charge in [-0.2, -0.15) is 0 Å². The Labute approximate surface area is 144 Å². The van der Waals surface area contributed by atoms with Gasteiger partial charge in [-0.1, -0.05) is 106 Å². The van der Waals surface area contributed by atoms with E-state index in [-0.39, 0.29) is 7.43 Å². The molecule has 136 valence electrons. The minimum atomic E-state index is 0. The van der Waals surface area contributed by atoms with E-state index in [9.17, 15) is 0 Å². The van der Waals surface area contributed by atoms with Gasteiger partial charge in [0.2, 0.25) is 0 Å². The maximum atomic E-state index is 4.45. The van der Waals surface area contributed by atoms with Crippen molar-refractivity contribution in [2.75, 3.05) is 0 Å². The fourth-order valence-electron chi connectivity index (χ4n) is 3.30. The summed E-state index contributed by atoms with van der Waals surface area (Å²) in [6, 6.07) is 0. The van der Waals surface area contributed by atoms with Gasteiger partial charge >= 0.3 is 0 Å². The van der Waals surface area contributed by atoms with Crippen molar-refractivity contribution in [1.82, 2.24) is 0 Å². The van der Waals surface area contributed by atoms with Crippen LogP contribution in [0.5, 0.6) is 0 Å². The number of hydrogen-bond donors (Lipinski definition) is 0. The van der Waals surface area contributed by atoms with Crippen LogP contribution in [0.3, 0.4) is 0 Å². The standard InChI is InChI=1S/C17H32.2C2H6.CH4/c1-4-16-13-11-9-7-6-8-10-12-14-17(5-2)15(16)3;2*1-2;/h16-17H,3-14H2,1-2H3;2*1-2H3;1H4. The second-order valence-corrected chi connectivity index (χ2v) is 5.84. The van der Waals surface area contributed by atoms with Gasteiger partial charge in [-0.15, -0.1) is 0 Å². The maximum Gasteiger partial charge on any atom is -0.0206 e. The molecular formula is C22H48. The third-order valence-electron chi connectivity index (χ3n) is 4.64. The van der Waals surface area contributed by atoms with E-state index in [4.69, 9.17) is 0 Å². The lowest BCUT2D eigenvalue weighted by atomic mass is 9.80. The third kappa shape index (κ3) is 12.3. The van der Waals surface area contributed by atoms with Crippen LogP contribution in [-0.2, 0) is 0 Å². The van der Waals surface area contributed by atoms with Gasteiger partial charge in [-0.25, -0.2) is 0 Å². The van der Waals surface area contributed by atoms with E-state index in [1.165, 1.54) is 70.6 Å². The molecule has 1 rings (SSSR count). The first-order valence-corrected chi connectivity index (χ1v) is 9.98. The Bertz CT molecular complexity index is 184. The van der Waals surface area contributed by atoms with Gasteiger partial charge in [-0.3, -0.25) is 0 Å². The molecule has 1 aliphatic rings. The number of rotatable bonds is 2. The lowest BCUT2D eigenvalue weighted by Gasteiger charge is -2.26. The van der Waals surface area contributed by atoms with E-state index in [1.807, 2.05) is 27.7 Å². The summed E-state index contributed by atoms with van der Waals surface area (Å²) >= 11 is 0. The zero-order valence-corrected chi connectivity index (χ0v) is 16.1. The van der Waals surface area contributed by atoms with E-state index >= 15 is 0 Å². The number of hydrogen-bond acceptors (Lipinski definition) is 0. The van der Waals surface area contributed by atoms with Crippen LogP contribution in [0.1, 0.15) is 120 Å². The monoisotopic (exact) mass is 312 g/mol. The van der Waals surface area contributed by atoms with Crippen molar-refractivity contribution in [1.29, 1.82) is 0 Å². The Morgan fingerprint density at radius 1 is 0.682 bits per heavy atom. The zero-order valence-electron chi connectivity index (χ0n) is 16.1. The molecule has 0 heteroatoms. The van der Waals surface area contributed by atoms with Gasteiger partial charge in [0.05, 0.1) is 0 Å². The topological polar surface area (TPSA) is 0 Å². The normalized spacial score (nSPS) is 23.3. The SMILES string of the molecule is C.C=C1C(CC)CCCCCCCCCC1CC.CC.CC. The van der Waals surface area contributed by atoms with Crippen LogP contribution in [0.2, 0.25) is 0 Å². The molecule has 0 aromatic heterocycles. The van der Waals surface area contributed by atoms with Crippen LogP contribution < -0.4 is 0 Å². The Hall–Kier alpha value is -0.260. The zero-order chi connectivity index (χ0) is 16.5. The highest BCUT2D eigenvalue weighted by atomic mass is 14.2. The molecule has 1 fully saturated rings. The van der Waals surface area contributed by atoms with Gasteiger partial charge in [0, 0.05) is 0 Å². The summed E-state index contributed by atoms with van der Waals surface area (Å²) in [7, 11) is 0. The van der Waals surface area contributed by atoms with E-state index < -0.39 is 0 Å². The molecule has 0 spiro atoms. The van der Waals surface area contributed by atoms with Crippen LogP contribution in [0, 0.1) is 11.8 Å². The van der Waals surface area contributed by atoms with Gasteiger partial charge < -0.3 is 0 Å². The van der Waals surface area contributed by atoms with Crippen LogP contribution in [0.25, 0.3) is 0 Å². The molecule has 0 aromatic carbocycles. The fraction of sp³-hybridized carbons (Fsp3) is 0.909. The predicted molar refractivity (Wildman–Crippen MR) is 108 cm³/mol. The highest BCUT2D eigenvalue weighted by Gasteiger charge is 2.18. The van der Waals surface area contributed by atoms with Crippen molar-refractivity contribution in [3.8, 4) is 0 Å². The van der Waals surface area contributed by atoms with E-state index in [0.29, 0.717) is 0 Å². The summed E-state index contributed by atoms with van der Waals surface area (Å²) in [5, 5.41) is 0.